The molecule has 0 atom stereocenters. The van der Waals surface area contributed by atoms with E-state index in [0.29, 0.717) is 17.1 Å². The van der Waals surface area contributed by atoms with Crippen LogP contribution in [-0.4, -0.2) is 9.97 Å². The highest BCUT2D eigenvalue weighted by Gasteiger charge is 2.37. The lowest BCUT2D eigenvalue weighted by Crippen LogP contribution is -2.14. The first-order valence-electron chi connectivity index (χ1n) is 20.7. The van der Waals surface area contributed by atoms with Crippen molar-refractivity contribution in [2.75, 3.05) is 0 Å². The standard InChI is InChI=1S/C47H34N2/c1-47(2)41-19-11-18-39(45(41)40-28-37-16-9-10-17-38(37)29-42(40)47)33-22-26-35(27-23-33)44-30-43(48-46(49-44)36-14-7-4-8-15-36)34-24-20-32(21-25-34)31-12-5-3-6-13-31/h3-30H,1-2H3/i3D,5D,6D,12D,13D,20D,21D,24D,25D. The van der Waals surface area contributed by atoms with Gasteiger partial charge in [-0.25, -0.2) is 9.97 Å². The highest BCUT2D eigenvalue weighted by molar-refractivity contribution is 5.98. The molecule has 7 aromatic carbocycles. The van der Waals surface area contributed by atoms with Crippen LogP contribution in [0.5, 0.6) is 0 Å². The predicted molar refractivity (Wildman–Crippen MR) is 204 cm³/mol. The lowest BCUT2D eigenvalue weighted by Gasteiger charge is -2.22. The van der Waals surface area contributed by atoms with E-state index in [9.17, 15) is 0 Å². The number of benzene rings is 7. The average Bonchev–Trinajstić information content (AvgIpc) is 3.47. The minimum absolute atomic E-state index is 0.0998. The fourth-order valence-electron chi connectivity index (χ4n) is 6.91. The second-order valence-electron chi connectivity index (χ2n) is 12.8. The van der Waals surface area contributed by atoms with Gasteiger partial charge in [0.15, 0.2) is 5.82 Å². The SMILES string of the molecule is [2H]c1c([2H])c([2H])c(-c2c([2H])c([2H])c(-c3cc(-c4ccc(-c5cccc6c5-c5cc7ccccc7cc5C6(C)C)cc4)nc(-c4ccccc4)n3)c([2H])c2[2H])c([2H])c1[2H]. The van der Waals surface area contributed by atoms with Crippen molar-refractivity contribution >= 4 is 10.8 Å². The third-order valence-corrected chi connectivity index (χ3v) is 9.45. The zero-order valence-electron chi connectivity index (χ0n) is 35.9. The Labute approximate surface area is 300 Å². The highest BCUT2D eigenvalue weighted by atomic mass is 14.9. The van der Waals surface area contributed by atoms with Crippen LogP contribution < -0.4 is 0 Å². The number of rotatable bonds is 5. The smallest absolute Gasteiger partial charge is 0.160 e. The third kappa shape index (κ3) is 5.05. The molecular weight excluding hydrogens is 593 g/mol. The predicted octanol–water partition coefficient (Wildman–Crippen LogP) is 12.3. The van der Waals surface area contributed by atoms with Crippen molar-refractivity contribution < 1.29 is 12.3 Å². The van der Waals surface area contributed by atoms with Crippen molar-refractivity contribution in [2.24, 2.45) is 0 Å². The summed E-state index contributed by atoms with van der Waals surface area (Å²) in [6.07, 6.45) is 0. The van der Waals surface area contributed by atoms with Crippen molar-refractivity contribution in [1.82, 2.24) is 9.97 Å². The van der Waals surface area contributed by atoms with Crippen LogP contribution in [0.15, 0.2) is 170 Å². The zero-order valence-corrected chi connectivity index (χ0v) is 26.9. The van der Waals surface area contributed by atoms with Gasteiger partial charge in [0.1, 0.15) is 0 Å². The fourth-order valence-corrected chi connectivity index (χ4v) is 6.91. The lowest BCUT2D eigenvalue weighted by molar-refractivity contribution is 0.661. The second kappa shape index (κ2) is 11.5. The Morgan fingerprint density at radius 2 is 1.06 bits per heavy atom. The third-order valence-electron chi connectivity index (χ3n) is 9.45. The summed E-state index contributed by atoms with van der Waals surface area (Å²) in [6, 6.07) is 33.4. The zero-order chi connectivity index (χ0) is 40.8. The molecule has 0 aliphatic heterocycles. The second-order valence-corrected chi connectivity index (χ2v) is 12.8. The van der Waals surface area contributed by atoms with Crippen LogP contribution in [0.2, 0.25) is 0 Å². The van der Waals surface area contributed by atoms with Crippen LogP contribution in [0.25, 0.3) is 78.1 Å². The Hall–Kier alpha value is -6.12. The molecule has 49 heavy (non-hydrogen) atoms. The van der Waals surface area contributed by atoms with E-state index in [2.05, 4.69) is 80.6 Å². The summed E-state index contributed by atoms with van der Waals surface area (Å²) in [5.41, 5.74) is 8.15. The first-order chi connectivity index (χ1) is 27.8. The Bertz CT molecular complexity index is 2960. The Balaban J connectivity index is 1.18. The number of hydrogen-bond donors (Lipinski definition) is 0. The van der Waals surface area contributed by atoms with E-state index in [1.807, 2.05) is 42.5 Å². The van der Waals surface area contributed by atoms with Crippen LogP contribution in [0.4, 0.5) is 0 Å². The molecule has 2 nitrogen and oxygen atoms in total. The maximum Gasteiger partial charge on any atom is 0.160 e. The molecule has 0 unspecified atom stereocenters. The molecular formula is C47H34N2. The van der Waals surface area contributed by atoms with E-state index < -0.39 is 59.9 Å². The van der Waals surface area contributed by atoms with Gasteiger partial charge >= 0.3 is 0 Å². The number of nitrogens with zero attached hydrogens (tertiary/aromatic N) is 2. The largest absolute Gasteiger partial charge is 0.228 e. The van der Waals surface area contributed by atoms with Crippen LogP contribution in [0.3, 0.4) is 0 Å². The number of aromatic nitrogens is 2. The fraction of sp³-hybridized carbons (Fsp3) is 0.0638. The topological polar surface area (TPSA) is 25.8 Å². The summed E-state index contributed by atoms with van der Waals surface area (Å²) in [5.74, 6) is 0.315. The molecule has 0 saturated carbocycles. The summed E-state index contributed by atoms with van der Waals surface area (Å²) in [5, 5.41) is 2.40. The quantitative estimate of drug-likeness (QED) is 0.188. The molecule has 0 saturated heterocycles. The van der Waals surface area contributed by atoms with Crippen molar-refractivity contribution in [3.63, 3.8) is 0 Å². The Morgan fingerprint density at radius 1 is 0.449 bits per heavy atom. The minimum atomic E-state index is -0.630. The molecule has 0 fully saturated rings. The van der Waals surface area contributed by atoms with Gasteiger partial charge in [0, 0.05) is 22.1 Å². The van der Waals surface area contributed by atoms with Gasteiger partial charge in [0.05, 0.1) is 23.7 Å². The minimum Gasteiger partial charge on any atom is -0.228 e. The Kier molecular flexibility index (Phi) is 4.94. The van der Waals surface area contributed by atoms with E-state index in [0.717, 1.165) is 16.7 Å². The molecule has 0 radical (unpaired) electrons. The van der Waals surface area contributed by atoms with Crippen LogP contribution in [0, 0.1) is 0 Å². The van der Waals surface area contributed by atoms with Gasteiger partial charge < -0.3 is 0 Å². The molecule has 0 spiro atoms. The first kappa shape index (κ1) is 21.0. The molecule has 1 aliphatic carbocycles. The summed E-state index contributed by atoms with van der Waals surface area (Å²) >= 11 is 0. The summed E-state index contributed by atoms with van der Waals surface area (Å²) < 4.78 is 77.4. The van der Waals surface area contributed by atoms with E-state index in [4.69, 9.17) is 22.3 Å². The monoisotopic (exact) mass is 635 g/mol. The summed E-state index contributed by atoms with van der Waals surface area (Å²) in [4.78, 5) is 9.69. The molecule has 1 aliphatic rings. The maximum atomic E-state index is 9.11. The van der Waals surface area contributed by atoms with Crippen molar-refractivity contribution in [1.29, 1.82) is 0 Å². The molecule has 0 N–H and O–H groups in total. The van der Waals surface area contributed by atoms with Gasteiger partial charge in [-0.15, -0.1) is 0 Å². The normalized spacial score (nSPS) is 15.4. The molecule has 1 aromatic heterocycles. The van der Waals surface area contributed by atoms with Gasteiger partial charge in [-0.1, -0.05) is 165 Å². The molecule has 232 valence electrons. The molecule has 8 aromatic rings. The highest BCUT2D eigenvalue weighted by Crippen LogP contribution is 2.53. The molecule has 9 rings (SSSR count). The average molecular weight is 636 g/mol. The van der Waals surface area contributed by atoms with Gasteiger partial charge in [-0.2, -0.15) is 0 Å². The molecule has 1 heterocycles. The van der Waals surface area contributed by atoms with Gasteiger partial charge in [-0.3, -0.25) is 0 Å². The number of hydrogen-bond acceptors (Lipinski definition) is 2. The first-order valence-corrected chi connectivity index (χ1v) is 16.2. The van der Waals surface area contributed by atoms with E-state index in [1.165, 1.54) is 33.0 Å². The van der Waals surface area contributed by atoms with Crippen molar-refractivity contribution in [2.45, 2.75) is 19.3 Å². The van der Waals surface area contributed by atoms with Gasteiger partial charge in [0.25, 0.3) is 0 Å². The molecule has 2 heteroatoms. The van der Waals surface area contributed by atoms with Crippen molar-refractivity contribution in [3.8, 4) is 67.3 Å². The van der Waals surface area contributed by atoms with E-state index in [-0.39, 0.29) is 22.2 Å². The summed E-state index contributed by atoms with van der Waals surface area (Å²) in [6.45, 7) is 4.55. The van der Waals surface area contributed by atoms with E-state index >= 15 is 0 Å². The maximum absolute atomic E-state index is 9.11. The molecule has 0 bridgehead atoms. The lowest BCUT2D eigenvalue weighted by atomic mass is 9.81. The number of fused-ring (bicyclic) bond motifs is 4. The van der Waals surface area contributed by atoms with Crippen molar-refractivity contribution in [3.05, 3.63) is 181 Å². The Morgan fingerprint density at radius 3 is 1.80 bits per heavy atom. The van der Waals surface area contributed by atoms with Gasteiger partial charge in [0.2, 0.25) is 0 Å². The van der Waals surface area contributed by atoms with Crippen LogP contribution >= 0.6 is 0 Å². The van der Waals surface area contributed by atoms with Gasteiger partial charge in [-0.05, 0) is 73.5 Å². The van der Waals surface area contributed by atoms with E-state index in [1.54, 1.807) is 6.07 Å². The van der Waals surface area contributed by atoms with Crippen LogP contribution in [-0.2, 0) is 5.41 Å². The van der Waals surface area contributed by atoms with Crippen LogP contribution in [0.1, 0.15) is 37.3 Å². The molecule has 0 amide bonds. The summed E-state index contributed by atoms with van der Waals surface area (Å²) in [7, 11) is 0.